The minimum Gasteiger partial charge on any atom is -0.482 e. The molecule has 0 bridgehead atoms. The van der Waals surface area contributed by atoms with Crippen molar-refractivity contribution in [3.05, 3.63) is 24.3 Å². The molecule has 1 heterocycles. The molecule has 110 valence electrons. The van der Waals surface area contributed by atoms with E-state index < -0.39 is 0 Å². The van der Waals surface area contributed by atoms with Crippen LogP contribution in [0, 0.1) is 0 Å². The van der Waals surface area contributed by atoms with Crippen LogP contribution in [0.4, 0.5) is 5.69 Å². The maximum atomic E-state index is 12.0. The first-order valence-corrected chi connectivity index (χ1v) is 7.01. The zero-order valence-electron chi connectivity index (χ0n) is 12.0. The van der Waals surface area contributed by atoms with Crippen LogP contribution in [0.2, 0.25) is 0 Å². The van der Waals surface area contributed by atoms with Crippen LogP contribution < -0.4 is 9.64 Å². The van der Waals surface area contributed by atoms with Crippen LogP contribution in [0.3, 0.4) is 0 Å². The second-order valence-electron chi connectivity index (χ2n) is 4.43. The van der Waals surface area contributed by atoms with E-state index in [-0.39, 0.29) is 18.8 Å². The summed E-state index contributed by atoms with van der Waals surface area (Å²) in [6.07, 6.45) is 0.370. The largest absolute Gasteiger partial charge is 0.482 e. The van der Waals surface area contributed by atoms with Gasteiger partial charge in [-0.2, -0.15) is 0 Å². The van der Waals surface area contributed by atoms with Gasteiger partial charge in [0.25, 0.3) is 5.91 Å². The number of benzene rings is 1. The molecule has 20 heavy (non-hydrogen) atoms. The highest BCUT2D eigenvalue weighted by Crippen LogP contribution is 2.31. The third-order valence-corrected chi connectivity index (χ3v) is 3.10. The van der Waals surface area contributed by atoms with E-state index in [1.165, 1.54) is 0 Å². The van der Waals surface area contributed by atoms with Crippen LogP contribution in [0.1, 0.15) is 20.3 Å². The van der Waals surface area contributed by atoms with Gasteiger partial charge in [0.05, 0.1) is 5.69 Å². The summed E-state index contributed by atoms with van der Waals surface area (Å²) < 4.78 is 16.4. The molecule has 1 amide bonds. The van der Waals surface area contributed by atoms with Gasteiger partial charge in [-0.1, -0.05) is 12.1 Å². The highest BCUT2D eigenvalue weighted by molar-refractivity contribution is 5.97. The summed E-state index contributed by atoms with van der Waals surface area (Å²) in [4.78, 5) is 13.7. The Hall–Kier alpha value is -1.59. The highest BCUT2D eigenvalue weighted by Gasteiger charge is 2.25. The minimum atomic E-state index is -0.271. The molecule has 0 atom stereocenters. The van der Waals surface area contributed by atoms with Crippen molar-refractivity contribution in [2.45, 2.75) is 26.6 Å². The van der Waals surface area contributed by atoms with Gasteiger partial charge >= 0.3 is 0 Å². The summed E-state index contributed by atoms with van der Waals surface area (Å²) >= 11 is 0. The number of para-hydroxylation sites is 2. The molecule has 1 aliphatic heterocycles. The third-order valence-electron chi connectivity index (χ3n) is 3.10. The number of anilines is 1. The van der Waals surface area contributed by atoms with E-state index in [1.54, 1.807) is 4.90 Å². The normalized spacial score (nSPS) is 14.3. The first kappa shape index (κ1) is 14.8. The first-order chi connectivity index (χ1) is 9.76. The number of amides is 1. The zero-order valence-corrected chi connectivity index (χ0v) is 12.0. The van der Waals surface area contributed by atoms with E-state index in [0.29, 0.717) is 26.2 Å². The highest BCUT2D eigenvalue weighted by atomic mass is 16.7. The van der Waals surface area contributed by atoms with E-state index >= 15 is 0 Å². The molecule has 1 aromatic rings. The second-order valence-corrected chi connectivity index (χ2v) is 4.43. The van der Waals surface area contributed by atoms with Crippen LogP contribution in [0.15, 0.2) is 24.3 Å². The van der Waals surface area contributed by atoms with Crippen molar-refractivity contribution >= 4 is 11.6 Å². The molecular formula is C15H21NO4. The number of hydrogen-bond donors (Lipinski definition) is 0. The molecular weight excluding hydrogens is 258 g/mol. The summed E-state index contributed by atoms with van der Waals surface area (Å²) in [5, 5.41) is 0. The van der Waals surface area contributed by atoms with Gasteiger partial charge in [-0.3, -0.25) is 4.79 Å². The summed E-state index contributed by atoms with van der Waals surface area (Å²) in [6, 6.07) is 7.56. The van der Waals surface area contributed by atoms with Crippen LogP contribution in [0.5, 0.6) is 5.75 Å². The Morgan fingerprint density at radius 2 is 1.95 bits per heavy atom. The fourth-order valence-electron chi connectivity index (χ4n) is 2.22. The van der Waals surface area contributed by atoms with Crippen molar-refractivity contribution in [2.24, 2.45) is 0 Å². The first-order valence-electron chi connectivity index (χ1n) is 7.01. The summed E-state index contributed by atoms with van der Waals surface area (Å²) in [7, 11) is 0. The SMILES string of the molecule is CCOC(CCN1C(=O)COc2ccccc21)OCC. The Morgan fingerprint density at radius 3 is 2.65 bits per heavy atom. The fourth-order valence-corrected chi connectivity index (χ4v) is 2.22. The van der Waals surface area contributed by atoms with Gasteiger partial charge in [0.1, 0.15) is 5.75 Å². The maximum absolute atomic E-state index is 12.0. The Balaban J connectivity index is 2.02. The Morgan fingerprint density at radius 1 is 1.25 bits per heavy atom. The lowest BCUT2D eigenvalue weighted by molar-refractivity contribution is -0.139. The Labute approximate surface area is 119 Å². The smallest absolute Gasteiger partial charge is 0.265 e. The topological polar surface area (TPSA) is 48.0 Å². The molecule has 1 aliphatic rings. The number of rotatable bonds is 7. The van der Waals surface area contributed by atoms with Crippen LogP contribution in [0.25, 0.3) is 0 Å². The van der Waals surface area contributed by atoms with Gasteiger partial charge in [0, 0.05) is 26.2 Å². The molecule has 0 spiro atoms. The maximum Gasteiger partial charge on any atom is 0.265 e. The van der Waals surface area contributed by atoms with E-state index in [9.17, 15) is 4.79 Å². The molecule has 2 rings (SSSR count). The van der Waals surface area contributed by atoms with Gasteiger partial charge < -0.3 is 19.1 Å². The Bertz CT molecular complexity index is 443. The van der Waals surface area contributed by atoms with Gasteiger partial charge in [-0.15, -0.1) is 0 Å². The van der Waals surface area contributed by atoms with E-state index in [2.05, 4.69) is 0 Å². The molecule has 5 heteroatoms. The molecule has 0 radical (unpaired) electrons. The number of fused-ring (bicyclic) bond motifs is 1. The predicted octanol–water partition coefficient (Wildman–Crippen LogP) is 2.20. The number of nitrogens with zero attached hydrogens (tertiary/aromatic N) is 1. The molecule has 0 saturated carbocycles. The van der Waals surface area contributed by atoms with Gasteiger partial charge in [-0.25, -0.2) is 0 Å². The van der Waals surface area contributed by atoms with E-state index in [0.717, 1.165) is 11.4 Å². The average molecular weight is 279 g/mol. The molecule has 0 N–H and O–H groups in total. The van der Waals surface area contributed by atoms with Crippen molar-refractivity contribution in [3.8, 4) is 5.75 Å². The van der Waals surface area contributed by atoms with Crippen molar-refractivity contribution in [1.29, 1.82) is 0 Å². The van der Waals surface area contributed by atoms with Crippen molar-refractivity contribution in [2.75, 3.05) is 31.3 Å². The van der Waals surface area contributed by atoms with Crippen LogP contribution in [-0.2, 0) is 14.3 Å². The van der Waals surface area contributed by atoms with Crippen molar-refractivity contribution in [1.82, 2.24) is 0 Å². The number of carbonyl (C=O) groups excluding carboxylic acids is 1. The van der Waals surface area contributed by atoms with E-state index in [4.69, 9.17) is 14.2 Å². The van der Waals surface area contributed by atoms with Crippen molar-refractivity contribution < 1.29 is 19.0 Å². The lowest BCUT2D eigenvalue weighted by Gasteiger charge is -2.30. The quantitative estimate of drug-likeness (QED) is 0.718. The molecule has 0 aromatic heterocycles. The summed E-state index contributed by atoms with van der Waals surface area (Å²) in [5.41, 5.74) is 0.815. The van der Waals surface area contributed by atoms with Gasteiger partial charge in [-0.05, 0) is 26.0 Å². The molecule has 1 aromatic carbocycles. The second kappa shape index (κ2) is 7.26. The monoisotopic (exact) mass is 279 g/mol. The molecule has 5 nitrogen and oxygen atoms in total. The Kier molecular flexibility index (Phi) is 5.38. The van der Waals surface area contributed by atoms with E-state index in [1.807, 2.05) is 38.1 Å². The minimum absolute atomic E-state index is 0.0320. The van der Waals surface area contributed by atoms with Crippen LogP contribution >= 0.6 is 0 Å². The third kappa shape index (κ3) is 3.49. The van der Waals surface area contributed by atoms with Crippen LogP contribution in [-0.4, -0.2) is 38.6 Å². The van der Waals surface area contributed by atoms with Gasteiger partial charge in [0.2, 0.25) is 0 Å². The summed E-state index contributed by atoms with van der Waals surface area (Å²) in [5.74, 6) is 0.715. The molecule has 0 fully saturated rings. The zero-order chi connectivity index (χ0) is 14.4. The average Bonchev–Trinajstić information content (AvgIpc) is 2.46. The fraction of sp³-hybridized carbons (Fsp3) is 0.533. The molecule has 0 saturated heterocycles. The standard InChI is InChI=1S/C15H21NO4/c1-3-18-15(19-4-2)9-10-16-12-7-5-6-8-13(12)20-11-14(16)17/h5-8,15H,3-4,9-11H2,1-2H3. The number of hydrogen-bond acceptors (Lipinski definition) is 4. The predicted molar refractivity (Wildman–Crippen MR) is 75.9 cm³/mol. The number of ether oxygens (including phenoxy) is 3. The lowest BCUT2D eigenvalue weighted by Crippen LogP contribution is -2.40. The van der Waals surface area contributed by atoms with Gasteiger partial charge in [0.15, 0.2) is 12.9 Å². The number of carbonyl (C=O) groups is 1. The van der Waals surface area contributed by atoms with Crippen molar-refractivity contribution in [3.63, 3.8) is 0 Å². The molecule has 0 aliphatic carbocycles. The molecule has 0 unspecified atom stereocenters. The summed E-state index contributed by atoms with van der Waals surface area (Å²) in [6.45, 7) is 5.70. The lowest BCUT2D eigenvalue weighted by atomic mass is 10.2.